The van der Waals surface area contributed by atoms with E-state index in [4.69, 9.17) is 21.1 Å². The molecule has 0 heterocycles. The Morgan fingerprint density at radius 3 is 2.53 bits per heavy atom. The Morgan fingerprint density at radius 1 is 1.27 bits per heavy atom. The lowest BCUT2D eigenvalue weighted by molar-refractivity contribution is 0.397. The Hall–Kier alpha value is -0.890. The van der Waals surface area contributed by atoms with E-state index in [1.54, 1.807) is 14.2 Å². The third kappa shape index (κ3) is 2.20. The van der Waals surface area contributed by atoms with Gasteiger partial charge in [-0.25, -0.2) is 0 Å². The summed E-state index contributed by atoms with van der Waals surface area (Å²) in [5.41, 5.74) is 1.04. The van der Waals surface area contributed by atoms with E-state index in [9.17, 15) is 0 Å². The first kappa shape index (κ1) is 10.6. The van der Waals surface area contributed by atoms with Crippen LogP contribution in [0.5, 0.6) is 11.5 Å². The summed E-state index contributed by atoms with van der Waals surface area (Å²) in [7, 11) is 3.33. The highest BCUT2D eigenvalue weighted by Gasteiger charge is 2.32. The van der Waals surface area contributed by atoms with Crippen LogP contribution in [0, 0.1) is 5.92 Å². The SMILES string of the molecule is COc1ccc(OC)c(C(Cl)C2CC2)c1. The summed E-state index contributed by atoms with van der Waals surface area (Å²) >= 11 is 6.38. The van der Waals surface area contributed by atoms with Crippen molar-refractivity contribution in [3.63, 3.8) is 0 Å². The molecule has 0 aliphatic heterocycles. The maximum atomic E-state index is 6.38. The van der Waals surface area contributed by atoms with Gasteiger partial charge in [0.15, 0.2) is 0 Å². The van der Waals surface area contributed by atoms with Crippen LogP contribution in [-0.2, 0) is 0 Å². The lowest BCUT2D eigenvalue weighted by Gasteiger charge is -2.14. The normalized spacial score (nSPS) is 17.3. The smallest absolute Gasteiger partial charge is 0.123 e. The number of hydrogen-bond acceptors (Lipinski definition) is 2. The first-order valence-corrected chi connectivity index (χ1v) is 5.56. The minimum Gasteiger partial charge on any atom is -0.497 e. The number of rotatable bonds is 4. The van der Waals surface area contributed by atoms with Gasteiger partial charge in [-0.1, -0.05) is 0 Å². The van der Waals surface area contributed by atoms with Crippen molar-refractivity contribution in [1.29, 1.82) is 0 Å². The van der Waals surface area contributed by atoms with Gasteiger partial charge in [-0.05, 0) is 37.0 Å². The largest absolute Gasteiger partial charge is 0.497 e. The topological polar surface area (TPSA) is 18.5 Å². The van der Waals surface area contributed by atoms with Crippen molar-refractivity contribution in [2.45, 2.75) is 18.2 Å². The molecule has 1 aromatic rings. The minimum absolute atomic E-state index is 0.0510. The van der Waals surface area contributed by atoms with Crippen LogP contribution >= 0.6 is 11.6 Å². The Labute approximate surface area is 95.1 Å². The first-order chi connectivity index (χ1) is 7.26. The summed E-state index contributed by atoms with van der Waals surface area (Å²) < 4.78 is 10.5. The molecule has 0 aromatic heterocycles. The van der Waals surface area contributed by atoms with Crippen molar-refractivity contribution in [3.05, 3.63) is 23.8 Å². The number of halogens is 1. The summed E-state index contributed by atoms with van der Waals surface area (Å²) in [6, 6.07) is 5.76. The monoisotopic (exact) mass is 226 g/mol. The molecule has 0 spiro atoms. The van der Waals surface area contributed by atoms with Gasteiger partial charge in [-0.2, -0.15) is 0 Å². The van der Waals surface area contributed by atoms with Crippen LogP contribution in [0.15, 0.2) is 18.2 Å². The van der Waals surface area contributed by atoms with Gasteiger partial charge in [0.05, 0.1) is 19.6 Å². The molecule has 2 rings (SSSR count). The molecule has 2 nitrogen and oxygen atoms in total. The third-order valence-electron chi connectivity index (χ3n) is 2.77. The molecule has 1 saturated carbocycles. The second-order valence-electron chi connectivity index (χ2n) is 3.85. The fourth-order valence-corrected chi connectivity index (χ4v) is 2.12. The van der Waals surface area contributed by atoms with E-state index in [2.05, 4.69) is 0 Å². The van der Waals surface area contributed by atoms with E-state index < -0.39 is 0 Å². The molecule has 0 N–H and O–H groups in total. The molecular weight excluding hydrogens is 212 g/mol. The average Bonchev–Trinajstić information content (AvgIpc) is 3.11. The second kappa shape index (κ2) is 4.31. The highest BCUT2D eigenvalue weighted by Crippen LogP contribution is 2.48. The van der Waals surface area contributed by atoms with Gasteiger partial charge in [0.25, 0.3) is 0 Å². The summed E-state index contributed by atoms with van der Waals surface area (Å²) in [4.78, 5) is 0. The molecule has 0 radical (unpaired) electrons. The summed E-state index contributed by atoms with van der Waals surface area (Å²) in [6.45, 7) is 0. The van der Waals surface area contributed by atoms with Crippen molar-refractivity contribution in [3.8, 4) is 11.5 Å². The van der Waals surface area contributed by atoms with Gasteiger partial charge in [-0.3, -0.25) is 0 Å². The Morgan fingerprint density at radius 2 is 2.00 bits per heavy atom. The van der Waals surface area contributed by atoms with E-state index in [0.29, 0.717) is 5.92 Å². The van der Waals surface area contributed by atoms with Crippen molar-refractivity contribution in [1.82, 2.24) is 0 Å². The van der Waals surface area contributed by atoms with Crippen LogP contribution in [0.3, 0.4) is 0 Å². The molecule has 0 amide bonds. The zero-order valence-corrected chi connectivity index (χ0v) is 9.75. The minimum atomic E-state index is 0.0510. The van der Waals surface area contributed by atoms with Gasteiger partial charge in [-0.15, -0.1) is 11.6 Å². The van der Waals surface area contributed by atoms with E-state index >= 15 is 0 Å². The number of benzene rings is 1. The predicted octanol–water partition coefficient (Wildman–Crippen LogP) is 3.39. The molecule has 1 aliphatic carbocycles. The maximum absolute atomic E-state index is 6.38. The van der Waals surface area contributed by atoms with Gasteiger partial charge < -0.3 is 9.47 Å². The summed E-state index contributed by atoms with van der Waals surface area (Å²) in [5.74, 6) is 2.28. The number of alkyl halides is 1. The number of methoxy groups -OCH3 is 2. The van der Waals surface area contributed by atoms with Crippen molar-refractivity contribution >= 4 is 11.6 Å². The van der Waals surface area contributed by atoms with Gasteiger partial charge in [0.2, 0.25) is 0 Å². The van der Waals surface area contributed by atoms with Crippen LogP contribution in [0.25, 0.3) is 0 Å². The Balaban J connectivity index is 2.31. The standard InChI is InChI=1S/C12H15ClO2/c1-14-9-5-6-11(15-2)10(7-9)12(13)8-3-4-8/h5-8,12H,3-4H2,1-2H3. The molecule has 1 fully saturated rings. The molecule has 1 unspecified atom stereocenters. The van der Waals surface area contributed by atoms with Gasteiger partial charge >= 0.3 is 0 Å². The van der Waals surface area contributed by atoms with Crippen LogP contribution in [0.1, 0.15) is 23.8 Å². The molecule has 82 valence electrons. The summed E-state index contributed by atoms with van der Waals surface area (Å²) in [6.07, 6.45) is 2.43. The van der Waals surface area contributed by atoms with Crippen molar-refractivity contribution in [2.24, 2.45) is 5.92 Å². The van der Waals surface area contributed by atoms with E-state index in [1.807, 2.05) is 18.2 Å². The molecular formula is C12H15ClO2. The van der Waals surface area contributed by atoms with Crippen molar-refractivity contribution in [2.75, 3.05) is 14.2 Å². The van der Waals surface area contributed by atoms with Crippen LogP contribution in [0.2, 0.25) is 0 Å². The predicted molar refractivity (Wildman–Crippen MR) is 60.9 cm³/mol. The lowest BCUT2D eigenvalue weighted by atomic mass is 10.1. The highest BCUT2D eigenvalue weighted by atomic mass is 35.5. The Kier molecular flexibility index (Phi) is 3.06. The van der Waals surface area contributed by atoms with Crippen LogP contribution in [0.4, 0.5) is 0 Å². The molecule has 15 heavy (non-hydrogen) atoms. The number of hydrogen-bond donors (Lipinski definition) is 0. The van der Waals surface area contributed by atoms with Crippen molar-refractivity contribution < 1.29 is 9.47 Å². The van der Waals surface area contributed by atoms with E-state index in [1.165, 1.54) is 12.8 Å². The maximum Gasteiger partial charge on any atom is 0.123 e. The molecule has 0 saturated heterocycles. The lowest BCUT2D eigenvalue weighted by Crippen LogP contribution is -1.98. The zero-order valence-electron chi connectivity index (χ0n) is 9.00. The average molecular weight is 227 g/mol. The highest BCUT2D eigenvalue weighted by molar-refractivity contribution is 6.21. The molecule has 1 atom stereocenters. The van der Waals surface area contributed by atoms with Gasteiger partial charge in [0.1, 0.15) is 11.5 Å². The molecule has 1 aliphatic rings. The van der Waals surface area contributed by atoms with Gasteiger partial charge in [0, 0.05) is 5.56 Å². The van der Waals surface area contributed by atoms with Crippen LogP contribution in [-0.4, -0.2) is 14.2 Å². The van der Waals surface area contributed by atoms with E-state index in [-0.39, 0.29) is 5.38 Å². The third-order valence-corrected chi connectivity index (χ3v) is 3.36. The van der Waals surface area contributed by atoms with Crippen LogP contribution < -0.4 is 9.47 Å². The second-order valence-corrected chi connectivity index (χ2v) is 4.32. The quantitative estimate of drug-likeness (QED) is 0.733. The summed E-state index contributed by atoms with van der Waals surface area (Å²) in [5, 5.41) is 0.0510. The first-order valence-electron chi connectivity index (χ1n) is 5.12. The molecule has 1 aromatic carbocycles. The van der Waals surface area contributed by atoms with E-state index in [0.717, 1.165) is 17.1 Å². The molecule has 0 bridgehead atoms. The zero-order chi connectivity index (χ0) is 10.8. The Bertz CT molecular complexity index is 347. The number of ether oxygens (including phenoxy) is 2. The molecule has 3 heteroatoms. The fraction of sp³-hybridized carbons (Fsp3) is 0.500. The fourth-order valence-electron chi connectivity index (χ4n) is 1.70.